The Morgan fingerprint density at radius 2 is 2.16 bits per heavy atom. The Hall–Kier alpha value is -1.62. The van der Waals surface area contributed by atoms with Crippen LogP contribution in [0.1, 0.15) is 31.7 Å². The van der Waals surface area contributed by atoms with Crippen molar-refractivity contribution < 1.29 is 9.53 Å². The maximum Gasteiger partial charge on any atom is 0.228 e. The molecule has 4 nitrogen and oxygen atoms in total. The number of rotatable bonds is 3. The molecular formula is C14H18N2O2S. The third-order valence-corrected chi connectivity index (χ3v) is 3.84. The fraction of sp³-hybridized carbons (Fsp3) is 0.429. The fourth-order valence-corrected chi connectivity index (χ4v) is 2.12. The van der Waals surface area contributed by atoms with E-state index in [0.29, 0.717) is 13.0 Å². The third-order valence-electron chi connectivity index (χ3n) is 3.33. The molecule has 0 bridgehead atoms. The van der Waals surface area contributed by atoms with Crippen molar-refractivity contribution in [1.29, 1.82) is 0 Å². The first-order valence-electron chi connectivity index (χ1n) is 6.25. The molecule has 3 N–H and O–H groups in total. The van der Waals surface area contributed by atoms with Gasteiger partial charge in [0, 0.05) is 5.56 Å². The van der Waals surface area contributed by atoms with Gasteiger partial charge in [0.15, 0.2) is 0 Å². The Morgan fingerprint density at radius 1 is 1.47 bits per heavy atom. The second kappa shape index (κ2) is 5.17. The first kappa shape index (κ1) is 13.8. The lowest BCUT2D eigenvalue weighted by Gasteiger charge is -2.30. The van der Waals surface area contributed by atoms with Gasteiger partial charge in [-0.3, -0.25) is 4.79 Å². The van der Waals surface area contributed by atoms with Crippen LogP contribution >= 0.6 is 12.2 Å². The number of thiocarbonyl (C=S) groups is 1. The summed E-state index contributed by atoms with van der Waals surface area (Å²) in [5.41, 5.74) is 5.88. The lowest BCUT2D eigenvalue weighted by molar-refractivity contribution is -0.124. The Balaban J connectivity index is 2.20. The van der Waals surface area contributed by atoms with Crippen molar-refractivity contribution in [2.45, 2.75) is 31.7 Å². The van der Waals surface area contributed by atoms with Crippen LogP contribution in [0.2, 0.25) is 0 Å². The van der Waals surface area contributed by atoms with Gasteiger partial charge in [-0.25, -0.2) is 0 Å². The summed E-state index contributed by atoms with van der Waals surface area (Å²) in [4.78, 5) is 12.7. The third kappa shape index (κ3) is 2.87. The van der Waals surface area contributed by atoms with E-state index in [1.807, 2.05) is 24.3 Å². The van der Waals surface area contributed by atoms with Gasteiger partial charge in [0.2, 0.25) is 5.91 Å². The number of carbonyl (C=O) groups excluding carboxylic acids is 1. The van der Waals surface area contributed by atoms with E-state index in [-0.39, 0.29) is 16.8 Å². The van der Waals surface area contributed by atoms with E-state index in [1.54, 1.807) is 13.8 Å². The molecule has 19 heavy (non-hydrogen) atoms. The molecule has 1 aromatic rings. The summed E-state index contributed by atoms with van der Waals surface area (Å²) in [6.07, 6.45) is 0.663. The van der Waals surface area contributed by atoms with E-state index < -0.39 is 5.54 Å². The molecule has 0 saturated carbocycles. The molecule has 2 rings (SSSR count). The normalized spacial score (nSPS) is 18.1. The summed E-state index contributed by atoms with van der Waals surface area (Å²) in [5, 5.41) is 2.91. The van der Waals surface area contributed by atoms with Gasteiger partial charge in [-0.2, -0.15) is 0 Å². The Labute approximate surface area is 118 Å². The van der Waals surface area contributed by atoms with Crippen molar-refractivity contribution in [1.82, 2.24) is 5.32 Å². The van der Waals surface area contributed by atoms with Gasteiger partial charge in [0.25, 0.3) is 0 Å². The molecule has 5 heteroatoms. The standard InChI is InChI=1S/C14H18N2O2S/c1-14(2,13(15)19)16-12(17)10-7-8-18-11-6-4-3-5-9(10)11/h3-6,10H,7-8H2,1-2H3,(H2,15,19)(H,16,17). The molecule has 1 atom stereocenters. The van der Waals surface area contributed by atoms with Crippen molar-refractivity contribution in [3.05, 3.63) is 29.8 Å². The molecule has 1 amide bonds. The Kier molecular flexibility index (Phi) is 3.75. The molecule has 0 saturated heterocycles. The van der Waals surface area contributed by atoms with E-state index in [1.165, 1.54) is 0 Å². The molecular weight excluding hydrogens is 260 g/mol. The van der Waals surface area contributed by atoms with Crippen LogP contribution in [0.25, 0.3) is 0 Å². The second-order valence-corrected chi connectivity index (χ2v) is 5.65. The van der Waals surface area contributed by atoms with Gasteiger partial charge in [0.1, 0.15) is 5.75 Å². The SMILES string of the molecule is CC(C)(NC(=O)C1CCOc2ccccc21)C(N)=S. The van der Waals surface area contributed by atoms with E-state index in [0.717, 1.165) is 11.3 Å². The van der Waals surface area contributed by atoms with Crippen LogP contribution in [0.5, 0.6) is 5.75 Å². The number of para-hydroxylation sites is 1. The van der Waals surface area contributed by atoms with Gasteiger partial charge in [0.05, 0.1) is 23.1 Å². The van der Waals surface area contributed by atoms with Crippen LogP contribution < -0.4 is 15.8 Å². The van der Waals surface area contributed by atoms with Crippen LogP contribution in [0.4, 0.5) is 0 Å². The number of hydrogen-bond acceptors (Lipinski definition) is 3. The molecule has 0 radical (unpaired) electrons. The number of amides is 1. The van der Waals surface area contributed by atoms with Crippen LogP contribution in [-0.4, -0.2) is 23.0 Å². The minimum atomic E-state index is -0.681. The Bertz CT molecular complexity index is 514. The molecule has 1 aliphatic heterocycles. The van der Waals surface area contributed by atoms with Crippen molar-refractivity contribution >= 4 is 23.1 Å². The molecule has 102 valence electrons. The van der Waals surface area contributed by atoms with E-state index in [2.05, 4.69) is 5.32 Å². The summed E-state index contributed by atoms with van der Waals surface area (Å²) in [7, 11) is 0. The van der Waals surface area contributed by atoms with Crippen LogP contribution in [0.15, 0.2) is 24.3 Å². The number of ether oxygens (including phenoxy) is 1. The van der Waals surface area contributed by atoms with E-state index in [4.69, 9.17) is 22.7 Å². The van der Waals surface area contributed by atoms with Crippen molar-refractivity contribution in [3.8, 4) is 5.75 Å². The highest BCUT2D eigenvalue weighted by Crippen LogP contribution is 2.33. The number of carbonyl (C=O) groups is 1. The molecule has 0 fully saturated rings. The highest BCUT2D eigenvalue weighted by Gasteiger charge is 2.32. The average Bonchev–Trinajstić information content (AvgIpc) is 2.37. The van der Waals surface area contributed by atoms with Gasteiger partial charge < -0.3 is 15.8 Å². The van der Waals surface area contributed by atoms with Crippen LogP contribution in [0.3, 0.4) is 0 Å². The number of nitrogens with one attached hydrogen (secondary N) is 1. The van der Waals surface area contributed by atoms with E-state index in [9.17, 15) is 4.79 Å². The monoisotopic (exact) mass is 278 g/mol. The Morgan fingerprint density at radius 3 is 2.84 bits per heavy atom. The van der Waals surface area contributed by atoms with Gasteiger partial charge in [-0.1, -0.05) is 30.4 Å². The first-order valence-corrected chi connectivity index (χ1v) is 6.66. The van der Waals surface area contributed by atoms with Crippen molar-refractivity contribution in [3.63, 3.8) is 0 Å². The maximum absolute atomic E-state index is 12.4. The topological polar surface area (TPSA) is 64.3 Å². The number of nitrogens with two attached hydrogens (primary N) is 1. The number of hydrogen-bond donors (Lipinski definition) is 2. The van der Waals surface area contributed by atoms with Gasteiger partial charge >= 0.3 is 0 Å². The second-order valence-electron chi connectivity index (χ2n) is 5.21. The van der Waals surface area contributed by atoms with Crippen molar-refractivity contribution in [2.24, 2.45) is 5.73 Å². The molecule has 1 unspecified atom stereocenters. The summed E-state index contributed by atoms with van der Waals surface area (Å²) in [6.45, 7) is 4.15. The summed E-state index contributed by atoms with van der Waals surface area (Å²) in [5.74, 6) is 0.508. The molecule has 1 aliphatic rings. The number of benzene rings is 1. The maximum atomic E-state index is 12.4. The summed E-state index contributed by atoms with van der Waals surface area (Å²) < 4.78 is 5.55. The lowest BCUT2D eigenvalue weighted by atomic mass is 9.91. The zero-order chi connectivity index (χ0) is 14.0. The number of fused-ring (bicyclic) bond motifs is 1. The molecule has 1 heterocycles. The zero-order valence-corrected chi connectivity index (χ0v) is 11.9. The average molecular weight is 278 g/mol. The van der Waals surface area contributed by atoms with Gasteiger partial charge in [-0.15, -0.1) is 0 Å². The quantitative estimate of drug-likeness (QED) is 0.827. The molecule has 0 aliphatic carbocycles. The minimum Gasteiger partial charge on any atom is -0.493 e. The first-order chi connectivity index (χ1) is 8.92. The lowest BCUT2D eigenvalue weighted by Crippen LogP contribution is -2.53. The van der Waals surface area contributed by atoms with Gasteiger partial charge in [-0.05, 0) is 26.3 Å². The molecule has 0 spiro atoms. The predicted octanol–water partition coefficient (Wildman–Crippen LogP) is 1.73. The predicted molar refractivity (Wildman–Crippen MR) is 78.3 cm³/mol. The summed E-state index contributed by atoms with van der Waals surface area (Å²) >= 11 is 4.97. The highest BCUT2D eigenvalue weighted by atomic mass is 32.1. The molecule has 0 aromatic heterocycles. The zero-order valence-electron chi connectivity index (χ0n) is 11.1. The molecule has 1 aromatic carbocycles. The fourth-order valence-electron chi connectivity index (χ4n) is 2.07. The minimum absolute atomic E-state index is 0.0615. The van der Waals surface area contributed by atoms with Crippen LogP contribution in [-0.2, 0) is 4.79 Å². The smallest absolute Gasteiger partial charge is 0.228 e. The van der Waals surface area contributed by atoms with Crippen molar-refractivity contribution in [2.75, 3.05) is 6.61 Å². The van der Waals surface area contributed by atoms with E-state index >= 15 is 0 Å². The van der Waals surface area contributed by atoms with Crippen LogP contribution in [0, 0.1) is 0 Å². The summed E-state index contributed by atoms with van der Waals surface area (Å²) in [6, 6.07) is 7.62. The largest absolute Gasteiger partial charge is 0.493 e. The highest BCUT2D eigenvalue weighted by molar-refractivity contribution is 7.80.